The number of hydrogen-bond acceptors (Lipinski definition) is 3. The van der Waals surface area contributed by atoms with Crippen LogP contribution in [0.3, 0.4) is 0 Å². The van der Waals surface area contributed by atoms with E-state index in [1.807, 2.05) is 24.3 Å². The molecule has 0 unspecified atom stereocenters. The van der Waals surface area contributed by atoms with Gasteiger partial charge in [0, 0.05) is 25.7 Å². The zero-order chi connectivity index (χ0) is 16.4. The van der Waals surface area contributed by atoms with Gasteiger partial charge in [-0.05, 0) is 39.8 Å². The van der Waals surface area contributed by atoms with E-state index in [4.69, 9.17) is 4.74 Å². The van der Waals surface area contributed by atoms with Crippen molar-refractivity contribution >= 4 is 5.96 Å². The summed E-state index contributed by atoms with van der Waals surface area (Å²) in [5.74, 6) is 1.69. The first kappa shape index (κ1) is 18.3. The van der Waals surface area contributed by atoms with Crippen molar-refractivity contribution in [1.82, 2.24) is 16.0 Å². The Morgan fingerprint density at radius 1 is 1.05 bits per heavy atom. The van der Waals surface area contributed by atoms with E-state index in [0.717, 1.165) is 24.8 Å². The van der Waals surface area contributed by atoms with Crippen LogP contribution in [-0.4, -0.2) is 44.8 Å². The molecule has 5 nitrogen and oxygen atoms in total. The van der Waals surface area contributed by atoms with Crippen LogP contribution < -0.4 is 20.7 Å². The number of hydrogen-bond donors (Lipinski definition) is 3. The fraction of sp³-hybridized carbons (Fsp3) is 0.588. The molecule has 0 radical (unpaired) electrons. The van der Waals surface area contributed by atoms with E-state index in [9.17, 15) is 0 Å². The largest absolute Gasteiger partial charge is 0.492 e. The van der Waals surface area contributed by atoms with Crippen LogP contribution in [0.15, 0.2) is 29.3 Å². The number of benzene rings is 1. The SMILES string of the molecule is CN=C(NCCNC(C)(C)C)NCCOc1ccc(C)cc1. The fourth-order valence-corrected chi connectivity index (χ4v) is 1.81. The maximum Gasteiger partial charge on any atom is 0.191 e. The molecule has 1 rings (SSSR count). The lowest BCUT2D eigenvalue weighted by molar-refractivity contribution is 0.322. The Morgan fingerprint density at radius 3 is 2.27 bits per heavy atom. The predicted molar refractivity (Wildman–Crippen MR) is 93.8 cm³/mol. The van der Waals surface area contributed by atoms with Crippen LogP contribution in [0, 0.1) is 6.92 Å². The topological polar surface area (TPSA) is 57.7 Å². The molecule has 0 saturated heterocycles. The van der Waals surface area contributed by atoms with Crippen molar-refractivity contribution in [2.24, 2.45) is 4.99 Å². The number of rotatable bonds is 7. The Kier molecular flexibility index (Phi) is 7.74. The molecular formula is C17H30N4O. The summed E-state index contributed by atoms with van der Waals surface area (Å²) < 4.78 is 5.67. The molecule has 0 amide bonds. The zero-order valence-corrected chi connectivity index (χ0v) is 14.5. The highest BCUT2D eigenvalue weighted by Crippen LogP contribution is 2.10. The van der Waals surface area contributed by atoms with Crippen molar-refractivity contribution in [3.8, 4) is 5.75 Å². The van der Waals surface area contributed by atoms with Gasteiger partial charge in [-0.3, -0.25) is 4.99 Å². The Hall–Kier alpha value is -1.75. The van der Waals surface area contributed by atoms with E-state index in [1.54, 1.807) is 7.05 Å². The molecule has 5 heteroatoms. The molecule has 0 heterocycles. The standard InChI is InChI=1S/C17H30N4O/c1-14-6-8-15(9-7-14)22-13-12-20-16(18-5)19-10-11-21-17(2,3)4/h6-9,21H,10-13H2,1-5H3,(H2,18,19,20). The highest BCUT2D eigenvalue weighted by atomic mass is 16.5. The molecule has 1 aromatic rings. The van der Waals surface area contributed by atoms with Gasteiger partial charge in [0.15, 0.2) is 5.96 Å². The first-order valence-corrected chi connectivity index (χ1v) is 7.80. The van der Waals surface area contributed by atoms with E-state index in [2.05, 4.69) is 48.6 Å². The molecule has 1 aromatic carbocycles. The molecule has 0 aromatic heterocycles. The van der Waals surface area contributed by atoms with Gasteiger partial charge in [0.05, 0.1) is 6.54 Å². The second-order valence-electron chi connectivity index (χ2n) is 6.26. The molecule has 0 bridgehead atoms. The third-order valence-corrected chi connectivity index (χ3v) is 2.98. The van der Waals surface area contributed by atoms with Crippen LogP contribution in [0.1, 0.15) is 26.3 Å². The molecular weight excluding hydrogens is 276 g/mol. The zero-order valence-electron chi connectivity index (χ0n) is 14.5. The summed E-state index contributed by atoms with van der Waals surface area (Å²) in [7, 11) is 1.77. The average Bonchev–Trinajstić information content (AvgIpc) is 2.46. The van der Waals surface area contributed by atoms with E-state index >= 15 is 0 Å². The maximum atomic E-state index is 5.67. The smallest absolute Gasteiger partial charge is 0.191 e. The fourth-order valence-electron chi connectivity index (χ4n) is 1.81. The minimum atomic E-state index is 0.139. The van der Waals surface area contributed by atoms with Gasteiger partial charge >= 0.3 is 0 Å². The third kappa shape index (κ3) is 8.52. The highest BCUT2D eigenvalue weighted by Gasteiger charge is 2.07. The quantitative estimate of drug-likeness (QED) is 0.409. The average molecular weight is 306 g/mol. The van der Waals surface area contributed by atoms with Crippen LogP contribution >= 0.6 is 0 Å². The van der Waals surface area contributed by atoms with E-state index in [1.165, 1.54) is 5.56 Å². The van der Waals surface area contributed by atoms with Crippen LogP contribution in [0.2, 0.25) is 0 Å². The molecule has 124 valence electrons. The lowest BCUT2D eigenvalue weighted by Gasteiger charge is -2.21. The normalized spacial score (nSPS) is 12.1. The molecule has 0 aliphatic rings. The molecule has 0 spiro atoms. The number of aryl methyl sites for hydroxylation is 1. The second-order valence-corrected chi connectivity index (χ2v) is 6.26. The molecule has 0 fully saturated rings. The molecule has 22 heavy (non-hydrogen) atoms. The molecule has 0 aliphatic carbocycles. The van der Waals surface area contributed by atoms with Crippen molar-refractivity contribution in [2.75, 3.05) is 33.3 Å². The summed E-state index contributed by atoms with van der Waals surface area (Å²) in [6, 6.07) is 8.07. The Bertz CT molecular complexity index is 449. The van der Waals surface area contributed by atoms with E-state index < -0.39 is 0 Å². The van der Waals surface area contributed by atoms with Crippen molar-refractivity contribution in [3.05, 3.63) is 29.8 Å². The summed E-state index contributed by atoms with van der Waals surface area (Å²) in [6.07, 6.45) is 0. The van der Waals surface area contributed by atoms with Gasteiger partial charge in [0.1, 0.15) is 12.4 Å². The van der Waals surface area contributed by atoms with Crippen LogP contribution in [0.4, 0.5) is 0 Å². The van der Waals surface area contributed by atoms with Gasteiger partial charge in [-0.25, -0.2) is 0 Å². The molecule has 3 N–H and O–H groups in total. The summed E-state index contributed by atoms with van der Waals surface area (Å²) in [5, 5.41) is 9.93. The van der Waals surface area contributed by atoms with Crippen LogP contribution in [0.5, 0.6) is 5.75 Å². The van der Waals surface area contributed by atoms with E-state index in [-0.39, 0.29) is 5.54 Å². The van der Waals surface area contributed by atoms with Crippen molar-refractivity contribution in [3.63, 3.8) is 0 Å². The molecule has 0 atom stereocenters. The number of nitrogens with zero attached hydrogens (tertiary/aromatic N) is 1. The Morgan fingerprint density at radius 2 is 1.68 bits per heavy atom. The maximum absolute atomic E-state index is 5.67. The van der Waals surface area contributed by atoms with Gasteiger partial charge in [-0.15, -0.1) is 0 Å². The van der Waals surface area contributed by atoms with Gasteiger partial charge < -0.3 is 20.7 Å². The summed E-state index contributed by atoms with van der Waals surface area (Å²) in [5.41, 5.74) is 1.37. The number of nitrogens with one attached hydrogen (secondary N) is 3. The first-order valence-electron chi connectivity index (χ1n) is 7.80. The minimum Gasteiger partial charge on any atom is -0.492 e. The third-order valence-electron chi connectivity index (χ3n) is 2.98. The Labute approximate surface area is 134 Å². The van der Waals surface area contributed by atoms with Crippen molar-refractivity contribution in [2.45, 2.75) is 33.2 Å². The molecule has 0 saturated carbocycles. The van der Waals surface area contributed by atoms with E-state index in [0.29, 0.717) is 13.2 Å². The minimum absolute atomic E-state index is 0.139. The van der Waals surface area contributed by atoms with Crippen LogP contribution in [-0.2, 0) is 0 Å². The number of aliphatic imine (C=N–C) groups is 1. The first-order chi connectivity index (χ1) is 10.4. The van der Waals surface area contributed by atoms with Gasteiger partial charge in [0.2, 0.25) is 0 Å². The van der Waals surface area contributed by atoms with Crippen molar-refractivity contribution < 1.29 is 4.74 Å². The number of guanidine groups is 1. The predicted octanol–water partition coefficient (Wildman–Crippen LogP) is 1.93. The monoisotopic (exact) mass is 306 g/mol. The van der Waals surface area contributed by atoms with Gasteiger partial charge in [-0.1, -0.05) is 17.7 Å². The summed E-state index contributed by atoms with van der Waals surface area (Å²) in [4.78, 5) is 4.19. The Balaban J connectivity index is 2.15. The highest BCUT2D eigenvalue weighted by molar-refractivity contribution is 5.79. The van der Waals surface area contributed by atoms with Gasteiger partial charge in [0.25, 0.3) is 0 Å². The summed E-state index contributed by atoms with van der Waals surface area (Å²) in [6.45, 7) is 11.6. The molecule has 0 aliphatic heterocycles. The second kappa shape index (κ2) is 9.30. The van der Waals surface area contributed by atoms with Crippen LogP contribution in [0.25, 0.3) is 0 Å². The van der Waals surface area contributed by atoms with Crippen molar-refractivity contribution in [1.29, 1.82) is 0 Å². The lowest BCUT2D eigenvalue weighted by atomic mass is 10.1. The number of ether oxygens (including phenoxy) is 1. The lowest BCUT2D eigenvalue weighted by Crippen LogP contribution is -2.45. The van der Waals surface area contributed by atoms with Gasteiger partial charge in [-0.2, -0.15) is 0 Å². The summed E-state index contributed by atoms with van der Waals surface area (Å²) >= 11 is 0.